The van der Waals surface area contributed by atoms with E-state index >= 15 is 0 Å². The van der Waals surface area contributed by atoms with Gasteiger partial charge in [0, 0.05) is 28.0 Å². The summed E-state index contributed by atoms with van der Waals surface area (Å²) in [4.78, 5) is 17.9. The van der Waals surface area contributed by atoms with E-state index in [-0.39, 0.29) is 5.91 Å². The number of ether oxygens (including phenoxy) is 1. The monoisotopic (exact) mass is 412 g/mol. The second kappa shape index (κ2) is 9.75. The average molecular weight is 413 g/mol. The van der Waals surface area contributed by atoms with Crippen molar-refractivity contribution in [1.29, 1.82) is 0 Å². The first-order chi connectivity index (χ1) is 13.5. The number of benzene rings is 2. The first-order valence-corrected chi connectivity index (χ1v) is 11.0. The Hall–Kier alpha value is -2.31. The molecule has 1 heterocycles. The van der Waals surface area contributed by atoms with E-state index in [0.717, 1.165) is 21.9 Å². The Balaban J connectivity index is 1.49. The van der Waals surface area contributed by atoms with E-state index in [4.69, 9.17) is 4.74 Å². The summed E-state index contributed by atoms with van der Waals surface area (Å²) in [5, 5.41) is 5.52. The summed E-state index contributed by atoms with van der Waals surface area (Å²) in [7, 11) is 1.65. The van der Waals surface area contributed by atoms with Crippen molar-refractivity contribution in [1.82, 2.24) is 4.98 Å². The molecular weight excluding hydrogens is 388 g/mol. The summed E-state index contributed by atoms with van der Waals surface area (Å²) in [6.07, 6.45) is 0.439. The van der Waals surface area contributed by atoms with Crippen molar-refractivity contribution in [2.75, 3.05) is 18.2 Å². The van der Waals surface area contributed by atoms with Crippen LogP contribution in [0.1, 0.15) is 31.7 Å². The predicted octanol–water partition coefficient (Wildman–Crippen LogP) is 6.06. The van der Waals surface area contributed by atoms with Crippen LogP contribution >= 0.6 is 23.1 Å². The Bertz CT molecular complexity index is 903. The fraction of sp³-hybridized carbons (Fsp3) is 0.273. The highest BCUT2D eigenvalue weighted by molar-refractivity contribution is 7.99. The van der Waals surface area contributed by atoms with E-state index in [9.17, 15) is 4.79 Å². The topological polar surface area (TPSA) is 51.2 Å². The molecule has 28 heavy (non-hydrogen) atoms. The minimum Gasteiger partial charge on any atom is -0.497 e. The third kappa shape index (κ3) is 5.59. The number of methoxy groups -OCH3 is 1. The van der Waals surface area contributed by atoms with E-state index in [1.165, 1.54) is 16.9 Å². The number of nitrogens with one attached hydrogen (secondary N) is 1. The standard InChI is InChI=1S/C22H24N2O2S2/c1-15(2)16-4-6-17(7-5-16)20-14-28-22(23-20)24-21(25)12-13-27-19-10-8-18(26-3)9-11-19/h4-11,14-15H,12-13H2,1-3H3,(H,23,24,25). The SMILES string of the molecule is COc1ccc(SCCC(=O)Nc2nc(-c3ccc(C(C)C)cc3)cs2)cc1. The Labute approximate surface area is 174 Å². The maximum absolute atomic E-state index is 12.2. The lowest BCUT2D eigenvalue weighted by Gasteiger charge is -2.05. The van der Waals surface area contributed by atoms with Crippen LogP contribution < -0.4 is 10.1 Å². The van der Waals surface area contributed by atoms with Gasteiger partial charge in [0.2, 0.25) is 5.91 Å². The van der Waals surface area contributed by atoms with Crippen LogP contribution in [0.3, 0.4) is 0 Å². The molecule has 0 saturated heterocycles. The van der Waals surface area contributed by atoms with Crippen molar-refractivity contribution in [2.24, 2.45) is 0 Å². The Morgan fingerprint density at radius 1 is 1.14 bits per heavy atom. The molecule has 1 N–H and O–H groups in total. The van der Waals surface area contributed by atoms with Gasteiger partial charge in [-0.05, 0) is 35.7 Å². The van der Waals surface area contributed by atoms with Gasteiger partial charge in [-0.1, -0.05) is 38.1 Å². The van der Waals surface area contributed by atoms with Crippen molar-refractivity contribution in [3.8, 4) is 17.0 Å². The predicted molar refractivity (Wildman–Crippen MR) is 119 cm³/mol. The molecule has 0 aliphatic heterocycles. The summed E-state index contributed by atoms with van der Waals surface area (Å²) < 4.78 is 5.15. The zero-order chi connectivity index (χ0) is 19.9. The van der Waals surface area contributed by atoms with Crippen LogP contribution in [0.15, 0.2) is 58.8 Å². The molecule has 2 aromatic carbocycles. The van der Waals surface area contributed by atoms with Crippen LogP contribution in [-0.4, -0.2) is 23.8 Å². The van der Waals surface area contributed by atoms with E-state index in [2.05, 4.69) is 48.4 Å². The molecule has 0 saturated carbocycles. The van der Waals surface area contributed by atoms with Crippen molar-refractivity contribution >= 4 is 34.1 Å². The van der Waals surface area contributed by atoms with Gasteiger partial charge in [0.15, 0.2) is 5.13 Å². The number of hydrogen-bond acceptors (Lipinski definition) is 5. The quantitative estimate of drug-likeness (QED) is 0.457. The highest BCUT2D eigenvalue weighted by Gasteiger charge is 2.09. The van der Waals surface area contributed by atoms with Crippen molar-refractivity contribution in [3.05, 3.63) is 59.5 Å². The van der Waals surface area contributed by atoms with Gasteiger partial charge in [0.05, 0.1) is 12.8 Å². The van der Waals surface area contributed by atoms with E-state index < -0.39 is 0 Å². The van der Waals surface area contributed by atoms with E-state index in [1.807, 2.05) is 29.6 Å². The molecular formula is C22H24N2O2S2. The van der Waals surface area contributed by atoms with Crippen LogP contribution in [0.5, 0.6) is 5.75 Å². The number of nitrogens with zero attached hydrogens (tertiary/aromatic N) is 1. The molecule has 0 unspecified atom stereocenters. The maximum atomic E-state index is 12.2. The number of thiazole rings is 1. The van der Waals surface area contributed by atoms with Gasteiger partial charge in [0.1, 0.15) is 5.75 Å². The number of carbonyl (C=O) groups excluding carboxylic acids is 1. The molecule has 146 valence electrons. The molecule has 3 rings (SSSR count). The number of aromatic nitrogens is 1. The van der Waals surface area contributed by atoms with Crippen molar-refractivity contribution in [3.63, 3.8) is 0 Å². The van der Waals surface area contributed by atoms with Gasteiger partial charge in [-0.2, -0.15) is 0 Å². The zero-order valence-electron chi connectivity index (χ0n) is 16.3. The zero-order valence-corrected chi connectivity index (χ0v) is 17.9. The lowest BCUT2D eigenvalue weighted by atomic mass is 10.0. The number of anilines is 1. The normalized spacial score (nSPS) is 10.9. The van der Waals surface area contributed by atoms with Crippen LogP contribution in [0.2, 0.25) is 0 Å². The molecule has 4 nitrogen and oxygen atoms in total. The third-order valence-electron chi connectivity index (χ3n) is 4.28. The molecule has 0 bridgehead atoms. The number of carbonyl (C=O) groups is 1. The first-order valence-electron chi connectivity index (χ1n) is 9.17. The Kier molecular flexibility index (Phi) is 7.12. The molecule has 0 aliphatic carbocycles. The number of rotatable bonds is 8. The Morgan fingerprint density at radius 2 is 1.86 bits per heavy atom. The van der Waals surface area contributed by atoms with Crippen LogP contribution in [0.25, 0.3) is 11.3 Å². The minimum absolute atomic E-state index is 0.0166. The molecule has 0 spiro atoms. The second-order valence-electron chi connectivity index (χ2n) is 6.64. The van der Waals surface area contributed by atoms with Crippen molar-refractivity contribution in [2.45, 2.75) is 31.1 Å². The fourth-order valence-electron chi connectivity index (χ4n) is 2.62. The molecule has 1 aromatic heterocycles. The maximum Gasteiger partial charge on any atom is 0.226 e. The van der Waals surface area contributed by atoms with Crippen LogP contribution in [-0.2, 0) is 4.79 Å². The highest BCUT2D eigenvalue weighted by Crippen LogP contribution is 2.27. The van der Waals surface area contributed by atoms with Gasteiger partial charge in [-0.15, -0.1) is 23.1 Å². The van der Waals surface area contributed by atoms with Gasteiger partial charge in [0.25, 0.3) is 0 Å². The summed E-state index contributed by atoms with van der Waals surface area (Å²) in [6, 6.07) is 16.3. The Morgan fingerprint density at radius 3 is 2.50 bits per heavy atom. The van der Waals surface area contributed by atoms with E-state index in [1.54, 1.807) is 18.9 Å². The molecule has 0 radical (unpaired) electrons. The summed E-state index contributed by atoms with van der Waals surface area (Å²) in [6.45, 7) is 4.36. The van der Waals surface area contributed by atoms with Crippen LogP contribution in [0.4, 0.5) is 5.13 Å². The number of amides is 1. The molecule has 1 amide bonds. The summed E-state index contributed by atoms with van der Waals surface area (Å²) >= 11 is 3.10. The van der Waals surface area contributed by atoms with E-state index in [0.29, 0.717) is 23.2 Å². The minimum atomic E-state index is -0.0166. The number of hydrogen-bond donors (Lipinski definition) is 1. The molecule has 6 heteroatoms. The van der Waals surface area contributed by atoms with Crippen LogP contribution in [0, 0.1) is 0 Å². The first kappa shape index (κ1) is 20.4. The molecule has 3 aromatic rings. The highest BCUT2D eigenvalue weighted by atomic mass is 32.2. The second-order valence-corrected chi connectivity index (χ2v) is 8.66. The summed E-state index contributed by atoms with van der Waals surface area (Å²) in [5.41, 5.74) is 3.27. The lowest BCUT2D eigenvalue weighted by molar-refractivity contribution is -0.115. The lowest BCUT2D eigenvalue weighted by Crippen LogP contribution is -2.11. The van der Waals surface area contributed by atoms with Gasteiger partial charge < -0.3 is 10.1 Å². The third-order valence-corrected chi connectivity index (χ3v) is 6.05. The fourth-order valence-corrected chi connectivity index (χ4v) is 4.21. The molecule has 0 aliphatic rings. The largest absolute Gasteiger partial charge is 0.497 e. The smallest absolute Gasteiger partial charge is 0.226 e. The number of thioether (sulfide) groups is 1. The molecule has 0 atom stereocenters. The summed E-state index contributed by atoms with van der Waals surface area (Å²) in [5.74, 6) is 2.04. The van der Waals surface area contributed by atoms with Gasteiger partial charge in [-0.3, -0.25) is 4.79 Å². The average Bonchev–Trinajstić information content (AvgIpc) is 3.17. The van der Waals surface area contributed by atoms with Gasteiger partial charge >= 0.3 is 0 Å². The van der Waals surface area contributed by atoms with Gasteiger partial charge in [-0.25, -0.2) is 4.98 Å². The molecule has 0 fully saturated rings. The van der Waals surface area contributed by atoms with Crippen molar-refractivity contribution < 1.29 is 9.53 Å².